The highest BCUT2D eigenvalue weighted by atomic mass is 32.2. The van der Waals surface area contributed by atoms with Crippen molar-refractivity contribution in [2.45, 2.75) is 16.8 Å². The predicted octanol–water partition coefficient (Wildman–Crippen LogP) is 4.39. The van der Waals surface area contributed by atoms with Gasteiger partial charge in [0, 0.05) is 22.3 Å². The van der Waals surface area contributed by atoms with Gasteiger partial charge in [-0.1, -0.05) is 5.16 Å². The molecule has 0 fully saturated rings. The summed E-state index contributed by atoms with van der Waals surface area (Å²) < 4.78 is 69.0. The summed E-state index contributed by atoms with van der Waals surface area (Å²) in [4.78, 5) is 8.06. The van der Waals surface area contributed by atoms with Crippen molar-refractivity contribution in [2.75, 3.05) is 0 Å². The minimum absolute atomic E-state index is 0.153. The fraction of sp³-hybridized carbons (Fsp3) is 0.105. The molecule has 0 spiro atoms. The normalized spacial score (nSPS) is 12.8. The van der Waals surface area contributed by atoms with Crippen LogP contribution < -0.4 is 0 Å². The molecular formula is C19H12F4N4O2S. The summed E-state index contributed by atoms with van der Waals surface area (Å²) in [5, 5.41) is 3.34. The number of imidazole rings is 1. The third-order valence-electron chi connectivity index (χ3n) is 4.08. The van der Waals surface area contributed by atoms with Crippen LogP contribution in [0.3, 0.4) is 0 Å². The summed E-state index contributed by atoms with van der Waals surface area (Å²) in [5.41, 5.74) is 1.61. The first-order valence-corrected chi connectivity index (χ1v) is 9.80. The first-order valence-electron chi connectivity index (χ1n) is 8.48. The van der Waals surface area contributed by atoms with Gasteiger partial charge in [-0.15, -0.1) is 0 Å². The van der Waals surface area contributed by atoms with Crippen LogP contribution in [0.1, 0.15) is 11.6 Å². The van der Waals surface area contributed by atoms with Crippen LogP contribution in [0.4, 0.5) is 17.6 Å². The second-order valence-corrected chi connectivity index (χ2v) is 7.63. The topological polar surface area (TPSA) is 73.8 Å². The molecule has 30 heavy (non-hydrogen) atoms. The molecule has 0 aliphatic rings. The Morgan fingerprint density at radius 3 is 2.37 bits per heavy atom. The number of alkyl halides is 3. The predicted molar refractivity (Wildman–Crippen MR) is 98.4 cm³/mol. The number of benzene rings is 2. The van der Waals surface area contributed by atoms with E-state index in [1.165, 1.54) is 30.6 Å². The third kappa shape index (κ3) is 4.30. The molecule has 0 aliphatic heterocycles. The molecule has 6 nitrogen and oxygen atoms in total. The van der Waals surface area contributed by atoms with E-state index >= 15 is 0 Å². The van der Waals surface area contributed by atoms with E-state index in [2.05, 4.69) is 19.6 Å². The van der Waals surface area contributed by atoms with Crippen molar-refractivity contribution in [2.24, 2.45) is 0 Å². The molecule has 4 rings (SSSR count). The number of halogens is 4. The van der Waals surface area contributed by atoms with Gasteiger partial charge >= 0.3 is 12.1 Å². The number of hydrogen-bond acceptors (Lipinski definition) is 5. The van der Waals surface area contributed by atoms with Gasteiger partial charge in [0.05, 0.1) is 28.6 Å². The highest BCUT2D eigenvalue weighted by molar-refractivity contribution is 7.84. The Bertz CT molecular complexity index is 1180. The van der Waals surface area contributed by atoms with Crippen LogP contribution in [0.25, 0.3) is 17.1 Å². The van der Waals surface area contributed by atoms with E-state index in [1.807, 2.05) is 0 Å². The molecular weight excluding hydrogens is 424 g/mol. The largest absolute Gasteiger partial charge is 0.471 e. The number of rotatable bonds is 5. The maximum atomic E-state index is 13.0. The summed E-state index contributed by atoms with van der Waals surface area (Å²) in [7, 11) is -1.38. The molecule has 11 heteroatoms. The van der Waals surface area contributed by atoms with Crippen LogP contribution in [0.5, 0.6) is 0 Å². The molecule has 0 N–H and O–H groups in total. The van der Waals surface area contributed by atoms with Crippen molar-refractivity contribution in [1.29, 1.82) is 0 Å². The molecule has 0 saturated carbocycles. The first kappa shape index (κ1) is 20.0. The van der Waals surface area contributed by atoms with Crippen LogP contribution >= 0.6 is 0 Å². The van der Waals surface area contributed by atoms with Gasteiger partial charge in [-0.25, -0.2) is 9.37 Å². The molecule has 1 atom stereocenters. The highest BCUT2D eigenvalue weighted by Gasteiger charge is 2.38. The molecule has 0 aliphatic carbocycles. The van der Waals surface area contributed by atoms with Crippen LogP contribution in [0.2, 0.25) is 0 Å². The van der Waals surface area contributed by atoms with Crippen LogP contribution in [-0.4, -0.2) is 23.9 Å². The summed E-state index contributed by atoms with van der Waals surface area (Å²) in [6.45, 7) is 0. The van der Waals surface area contributed by atoms with E-state index in [-0.39, 0.29) is 11.6 Å². The maximum absolute atomic E-state index is 13.0. The van der Waals surface area contributed by atoms with Crippen molar-refractivity contribution in [3.8, 4) is 17.1 Å². The zero-order chi connectivity index (χ0) is 21.3. The van der Waals surface area contributed by atoms with E-state index in [4.69, 9.17) is 0 Å². The summed E-state index contributed by atoms with van der Waals surface area (Å²) in [6, 6.07) is 11.8. The lowest BCUT2D eigenvalue weighted by atomic mass is 10.2. The summed E-state index contributed by atoms with van der Waals surface area (Å²) >= 11 is 0. The zero-order valence-electron chi connectivity index (χ0n) is 15.0. The molecule has 1 unspecified atom stereocenters. The average molecular weight is 436 g/mol. The molecule has 0 amide bonds. The minimum Gasteiger partial charge on any atom is -0.329 e. The quantitative estimate of drug-likeness (QED) is 0.434. The van der Waals surface area contributed by atoms with E-state index in [1.54, 1.807) is 35.0 Å². The van der Waals surface area contributed by atoms with Crippen molar-refractivity contribution in [1.82, 2.24) is 19.7 Å². The Morgan fingerprint density at radius 1 is 1.03 bits per heavy atom. The van der Waals surface area contributed by atoms with Crippen LogP contribution in [0.15, 0.2) is 70.5 Å². The van der Waals surface area contributed by atoms with Gasteiger partial charge in [0.2, 0.25) is 5.82 Å². The minimum atomic E-state index is -4.70. The lowest BCUT2D eigenvalue weighted by Crippen LogP contribution is -2.04. The van der Waals surface area contributed by atoms with Crippen molar-refractivity contribution in [3.05, 3.63) is 78.5 Å². The second kappa shape index (κ2) is 7.82. The number of aromatic nitrogens is 4. The Balaban J connectivity index is 1.47. The Kier molecular flexibility index (Phi) is 5.20. The number of nitrogens with zero attached hydrogens (tertiary/aromatic N) is 4. The molecule has 2 aromatic heterocycles. The van der Waals surface area contributed by atoms with E-state index < -0.39 is 28.7 Å². The van der Waals surface area contributed by atoms with Gasteiger partial charge in [0.25, 0.3) is 0 Å². The summed E-state index contributed by atoms with van der Waals surface area (Å²) in [6.07, 6.45) is -1.48. The van der Waals surface area contributed by atoms with Crippen molar-refractivity contribution >= 4 is 10.8 Å². The zero-order valence-corrected chi connectivity index (χ0v) is 15.8. The number of hydrogen-bond donors (Lipinski definition) is 0. The van der Waals surface area contributed by atoms with Crippen molar-refractivity contribution < 1.29 is 26.3 Å². The lowest BCUT2D eigenvalue weighted by molar-refractivity contribution is -0.159. The van der Waals surface area contributed by atoms with Gasteiger partial charge in [-0.05, 0) is 48.5 Å². The third-order valence-corrected chi connectivity index (χ3v) is 5.44. The molecule has 2 aromatic carbocycles. The average Bonchev–Trinajstić information content (AvgIpc) is 3.38. The summed E-state index contributed by atoms with van der Waals surface area (Å²) in [5.74, 6) is -1.83. The van der Waals surface area contributed by atoms with Gasteiger partial charge in [0.1, 0.15) is 5.82 Å². The Labute approximate surface area is 169 Å². The standard InChI is InChI=1S/C19H12F4N4O2S/c20-13-3-7-16(8-4-13)30(28)10-14-9-27(11-24-14)15-5-1-12(2-6-15)17-25-18(29-26-17)19(21,22)23/h1-9,11H,10H2. The second-order valence-electron chi connectivity index (χ2n) is 6.18. The fourth-order valence-corrected chi connectivity index (χ4v) is 3.65. The van der Waals surface area contributed by atoms with Gasteiger partial charge < -0.3 is 9.09 Å². The van der Waals surface area contributed by atoms with E-state index in [0.717, 1.165) is 0 Å². The van der Waals surface area contributed by atoms with Gasteiger partial charge in [0.15, 0.2) is 0 Å². The van der Waals surface area contributed by atoms with E-state index in [9.17, 15) is 21.8 Å². The van der Waals surface area contributed by atoms with Gasteiger partial charge in [-0.3, -0.25) is 4.21 Å². The lowest BCUT2D eigenvalue weighted by Gasteiger charge is -2.03. The van der Waals surface area contributed by atoms with Crippen LogP contribution in [-0.2, 0) is 22.7 Å². The molecule has 154 valence electrons. The SMILES string of the molecule is O=S(Cc1cn(-c2ccc(-c3noc(C(F)(F)F)n3)cc2)cn1)c1ccc(F)cc1. The first-order chi connectivity index (χ1) is 14.3. The molecule has 2 heterocycles. The van der Waals surface area contributed by atoms with Crippen LogP contribution in [0, 0.1) is 5.82 Å². The molecule has 0 bridgehead atoms. The maximum Gasteiger partial charge on any atom is 0.471 e. The smallest absolute Gasteiger partial charge is 0.329 e. The fourth-order valence-electron chi connectivity index (χ4n) is 2.62. The molecule has 4 aromatic rings. The Morgan fingerprint density at radius 2 is 1.73 bits per heavy atom. The Hall–Kier alpha value is -3.34. The monoisotopic (exact) mass is 436 g/mol. The van der Waals surface area contributed by atoms with Crippen molar-refractivity contribution in [3.63, 3.8) is 0 Å². The molecule has 0 saturated heterocycles. The molecule has 0 radical (unpaired) electrons. The van der Waals surface area contributed by atoms with E-state index in [0.29, 0.717) is 21.8 Å². The van der Waals surface area contributed by atoms with Gasteiger partial charge in [-0.2, -0.15) is 18.2 Å². The highest BCUT2D eigenvalue weighted by Crippen LogP contribution is 2.29.